The number of para-hydroxylation sites is 1. The van der Waals surface area contributed by atoms with Crippen molar-refractivity contribution < 1.29 is 4.79 Å². The molecule has 19 heavy (non-hydrogen) atoms. The average molecular weight is 252 g/mol. The van der Waals surface area contributed by atoms with Gasteiger partial charge in [-0.05, 0) is 31.5 Å². The van der Waals surface area contributed by atoms with E-state index in [1.165, 1.54) is 0 Å². The number of carbonyl (C=O) groups excluding carboxylic acids is 1. The predicted octanol–water partition coefficient (Wildman–Crippen LogP) is 3.43. The van der Waals surface area contributed by atoms with Gasteiger partial charge in [0, 0.05) is 11.8 Å². The predicted molar refractivity (Wildman–Crippen MR) is 75.5 cm³/mol. The van der Waals surface area contributed by atoms with Crippen LogP contribution < -0.4 is 4.90 Å². The van der Waals surface area contributed by atoms with Gasteiger partial charge < -0.3 is 0 Å². The van der Waals surface area contributed by atoms with E-state index in [1.54, 1.807) is 11.1 Å². The van der Waals surface area contributed by atoms with Crippen molar-refractivity contribution >= 4 is 17.4 Å². The number of anilines is 2. The van der Waals surface area contributed by atoms with Crippen LogP contribution in [0.25, 0.3) is 0 Å². The first-order chi connectivity index (χ1) is 9.18. The van der Waals surface area contributed by atoms with E-state index >= 15 is 0 Å². The van der Waals surface area contributed by atoms with Gasteiger partial charge in [-0.15, -0.1) is 0 Å². The Balaban J connectivity index is 2.21. The smallest absolute Gasteiger partial charge is 0.243 e. The van der Waals surface area contributed by atoms with Crippen LogP contribution in [0.15, 0.2) is 48.7 Å². The van der Waals surface area contributed by atoms with Gasteiger partial charge in [0.15, 0.2) is 0 Å². The van der Waals surface area contributed by atoms with E-state index in [1.807, 2.05) is 56.3 Å². The summed E-state index contributed by atoms with van der Waals surface area (Å²) in [5.74, 6) is 0.873. The number of aromatic nitrogens is 1. The molecule has 1 amide bonds. The second-order valence-corrected chi connectivity index (χ2v) is 5.04. The molecule has 2 aromatic rings. The summed E-state index contributed by atoms with van der Waals surface area (Å²) in [5, 5.41) is 0. The molecule has 96 valence electrons. The zero-order chi connectivity index (χ0) is 13.5. The topological polar surface area (TPSA) is 33.2 Å². The monoisotopic (exact) mass is 252 g/mol. The van der Waals surface area contributed by atoms with E-state index in [0.29, 0.717) is 0 Å². The molecule has 3 rings (SSSR count). The number of hydrogen-bond acceptors (Lipinski definition) is 2. The van der Waals surface area contributed by atoms with Crippen molar-refractivity contribution in [3.63, 3.8) is 0 Å². The minimum atomic E-state index is -0.473. The highest BCUT2D eigenvalue weighted by Gasteiger charge is 2.47. The molecule has 1 aliphatic heterocycles. The van der Waals surface area contributed by atoms with Crippen LogP contribution in [-0.2, 0) is 10.2 Å². The van der Waals surface area contributed by atoms with Crippen LogP contribution in [-0.4, -0.2) is 10.9 Å². The summed E-state index contributed by atoms with van der Waals surface area (Å²) < 4.78 is 0. The Morgan fingerprint density at radius 2 is 1.89 bits per heavy atom. The highest BCUT2D eigenvalue weighted by molar-refractivity contribution is 6.11. The molecule has 0 saturated carbocycles. The molecular weight excluding hydrogens is 236 g/mol. The molecule has 1 aromatic heterocycles. The summed E-state index contributed by atoms with van der Waals surface area (Å²) >= 11 is 0. The molecular formula is C16H16N2O. The van der Waals surface area contributed by atoms with Crippen molar-refractivity contribution in [2.75, 3.05) is 4.90 Å². The van der Waals surface area contributed by atoms with E-state index in [9.17, 15) is 4.79 Å². The Kier molecular flexibility index (Phi) is 2.63. The molecule has 0 radical (unpaired) electrons. The molecule has 0 fully saturated rings. The summed E-state index contributed by atoms with van der Waals surface area (Å²) in [5.41, 5.74) is 1.43. The SMILES string of the molecule is CC[C@@]1(C)C(=O)N(c2ccccc2)c2ncccc21. The zero-order valence-corrected chi connectivity index (χ0v) is 11.1. The van der Waals surface area contributed by atoms with Crippen molar-refractivity contribution in [3.8, 4) is 0 Å². The summed E-state index contributed by atoms with van der Waals surface area (Å²) in [7, 11) is 0. The Hall–Kier alpha value is -2.16. The molecule has 1 atom stereocenters. The molecule has 0 bridgehead atoms. The Morgan fingerprint density at radius 3 is 2.58 bits per heavy atom. The van der Waals surface area contributed by atoms with Crippen molar-refractivity contribution in [1.82, 2.24) is 4.98 Å². The molecule has 0 spiro atoms. The Bertz CT molecular complexity index is 624. The quantitative estimate of drug-likeness (QED) is 0.820. The summed E-state index contributed by atoms with van der Waals surface area (Å²) in [6.07, 6.45) is 2.51. The third kappa shape index (κ3) is 1.58. The minimum absolute atomic E-state index is 0.106. The van der Waals surface area contributed by atoms with Gasteiger partial charge in [-0.2, -0.15) is 0 Å². The van der Waals surface area contributed by atoms with Crippen molar-refractivity contribution in [2.24, 2.45) is 0 Å². The molecule has 0 aliphatic carbocycles. The van der Waals surface area contributed by atoms with Gasteiger partial charge in [0.25, 0.3) is 0 Å². The van der Waals surface area contributed by atoms with E-state index in [4.69, 9.17) is 0 Å². The van der Waals surface area contributed by atoms with Crippen molar-refractivity contribution in [1.29, 1.82) is 0 Å². The number of pyridine rings is 1. The molecule has 0 saturated heterocycles. The Morgan fingerprint density at radius 1 is 1.16 bits per heavy atom. The maximum absolute atomic E-state index is 12.8. The summed E-state index contributed by atoms with van der Waals surface area (Å²) in [6.45, 7) is 4.04. The molecule has 0 N–H and O–H groups in total. The molecule has 3 heteroatoms. The van der Waals surface area contributed by atoms with Gasteiger partial charge in [-0.25, -0.2) is 4.98 Å². The standard InChI is InChI=1S/C16H16N2O/c1-3-16(2)13-10-7-11-17-14(13)18(15(16)19)12-8-5-4-6-9-12/h4-11H,3H2,1-2H3/t16-/m1/s1. The zero-order valence-electron chi connectivity index (χ0n) is 11.1. The number of benzene rings is 1. The van der Waals surface area contributed by atoms with Crippen molar-refractivity contribution in [2.45, 2.75) is 25.7 Å². The number of carbonyl (C=O) groups is 1. The highest BCUT2D eigenvalue weighted by atomic mass is 16.2. The first-order valence-corrected chi connectivity index (χ1v) is 6.53. The highest BCUT2D eigenvalue weighted by Crippen LogP contribution is 2.45. The van der Waals surface area contributed by atoms with Crippen LogP contribution >= 0.6 is 0 Å². The van der Waals surface area contributed by atoms with Gasteiger partial charge in [-0.3, -0.25) is 9.69 Å². The fourth-order valence-corrected chi connectivity index (χ4v) is 2.62. The normalized spacial score (nSPS) is 21.6. The molecule has 3 nitrogen and oxygen atoms in total. The van der Waals surface area contributed by atoms with Crippen LogP contribution in [0.3, 0.4) is 0 Å². The van der Waals surface area contributed by atoms with Crippen LogP contribution in [0.4, 0.5) is 11.5 Å². The van der Waals surface area contributed by atoms with Gasteiger partial charge >= 0.3 is 0 Å². The molecule has 1 aromatic carbocycles. The van der Waals surface area contributed by atoms with E-state index in [-0.39, 0.29) is 5.91 Å². The second kappa shape index (κ2) is 4.19. The van der Waals surface area contributed by atoms with Gasteiger partial charge in [-0.1, -0.05) is 31.2 Å². The molecule has 1 aliphatic rings. The van der Waals surface area contributed by atoms with E-state index < -0.39 is 5.41 Å². The first kappa shape index (κ1) is 11.9. The average Bonchev–Trinajstić information content (AvgIpc) is 2.70. The van der Waals surface area contributed by atoms with Gasteiger partial charge in [0.05, 0.1) is 11.1 Å². The summed E-state index contributed by atoms with van der Waals surface area (Å²) in [4.78, 5) is 19.0. The van der Waals surface area contributed by atoms with Gasteiger partial charge in [0.2, 0.25) is 5.91 Å². The largest absolute Gasteiger partial charge is 0.273 e. The number of fused-ring (bicyclic) bond motifs is 1. The van der Waals surface area contributed by atoms with E-state index in [2.05, 4.69) is 4.98 Å². The lowest BCUT2D eigenvalue weighted by Gasteiger charge is -2.22. The minimum Gasteiger partial charge on any atom is -0.273 e. The number of rotatable bonds is 2. The molecule has 2 heterocycles. The lowest BCUT2D eigenvalue weighted by atomic mass is 9.82. The fraction of sp³-hybridized carbons (Fsp3) is 0.250. The maximum Gasteiger partial charge on any atom is 0.243 e. The maximum atomic E-state index is 12.8. The second-order valence-electron chi connectivity index (χ2n) is 5.04. The van der Waals surface area contributed by atoms with Crippen LogP contribution in [0.1, 0.15) is 25.8 Å². The third-order valence-corrected chi connectivity index (χ3v) is 3.99. The number of hydrogen-bond donors (Lipinski definition) is 0. The molecule has 0 unspecified atom stereocenters. The summed E-state index contributed by atoms with van der Waals surface area (Å²) in [6, 6.07) is 13.6. The van der Waals surface area contributed by atoms with E-state index in [0.717, 1.165) is 23.5 Å². The van der Waals surface area contributed by atoms with Crippen molar-refractivity contribution in [3.05, 3.63) is 54.2 Å². The fourth-order valence-electron chi connectivity index (χ4n) is 2.62. The van der Waals surface area contributed by atoms with Crippen LogP contribution in [0.5, 0.6) is 0 Å². The lowest BCUT2D eigenvalue weighted by molar-refractivity contribution is -0.122. The number of amides is 1. The van der Waals surface area contributed by atoms with Crippen LogP contribution in [0.2, 0.25) is 0 Å². The third-order valence-electron chi connectivity index (χ3n) is 3.99. The first-order valence-electron chi connectivity index (χ1n) is 6.53. The van der Waals surface area contributed by atoms with Crippen LogP contribution in [0, 0.1) is 0 Å². The number of nitrogens with zero attached hydrogens (tertiary/aromatic N) is 2. The van der Waals surface area contributed by atoms with Gasteiger partial charge in [0.1, 0.15) is 5.82 Å². The lowest BCUT2D eigenvalue weighted by Crippen LogP contribution is -2.35. The Labute approximate surface area is 112 Å².